The second-order valence-corrected chi connectivity index (χ2v) is 30.7. The molecular formula is C76H139N19O3. The molecule has 0 unspecified atom stereocenters. The minimum absolute atomic E-state index is 0.104. The summed E-state index contributed by atoms with van der Waals surface area (Å²) in [5.41, 5.74) is 7.00. The molecule has 0 radical (unpaired) electrons. The van der Waals surface area contributed by atoms with E-state index in [1.165, 1.54) is 17.1 Å². The van der Waals surface area contributed by atoms with E-state index < -0.39 is 0 Å². The third-order valence-electron chi connectivity index (χ3n) is 14.3. The number of aromatic amines is 4. The van der Waals surface area contributed by atoms with Gasteiger partial charge in [-0.25, -0.2) is 24.6 Å². The van der Waals surface area contributed by atoms with Gasteiger partial charge in [0.05, 0.1) is 35.5 Å². The molecule has 8 aromatic heterocycles. The van der Waals surface area contributed by atoms with Crippen molar-refractivity contribution in [3.8, 4) is 0 Å². The van der Waals surface area contributed by atoms with Gasteiger partial charge in [-0.15, -0.1) is 15.3 Å². The van der Waals surface area contributed by atoms with Crippen LogP contribution in [-0.2, 0) is 11.2 Å². The Balaban J connectivity index is 0.00000108. The zero-order chi connectivity index (χ0) is 75.6. The van der Waals surface area contributed by atoms with Crippen LogP contribution in [0.25, 0.3) is 0 Å². The average molecular weight is 1370 g/mol. The Labute approximate surface area is 593 Å². The standard InChI is InChI=1S/C10H18N2.2C9H16N2.C9H15NO.3C8H15N3.C8H14N2O.C7H15NO/c1-7(2)5-10-11-6-9(12-10)8(3)4;1-6(2)8-5-10-9(11-8)7(3)4;1-6(2)8-5-9(7(3)4)11-10-8;1-6(2)8-5-10-9(11-8)7(3)4;1-6(2)8-5-11(7(3)4)10-9-8;1-6(2)8-5-9-11(10-8)7(3)4;1-5(2)7-9-8(6(3)4)11-10-7;1-5(2)7-9-10-8(11-7)6(3)4;1-5(2)7(9)8-6(3)4/h6-8H,5H2,1-4H3,(H,11,12);2*5-7H,1-4H3,(H,10,11);3*5-7H,1-4H3;5-6H,1-4H3,(H,9,10,11);5-6H,1-4H3;5-6H,1-4H3,(H,8,9). The van der Waals surface area contributed by atoms with E-state index in [2.05, 4.69) is 286 Å². The van der Waals surface area contributed by atoms with Crippen molar-refractivity contribution >= 4 is 5.91 Å². The summed E-state index contributed by atoms with van der Waals surface area (Å²) < 4.78 is 12.8. The Bertz CT molecular complexity index is 2620. The average Bonchev–Trinajstić information content (AvgIpc) is 1.84. The van der Waals surface area contributed by atoms with Crippen molar-refractivity contribution in [2.45, 2.75) is 351 Å². The zero-order valence-electron chi connectivity index (χ0n) is 68.0. The number of hydrogen-bond donors (Lipinski definition) is 5. The monoisotopic (exact) mass is 1370 g/mol. The zero-order valence-corrected chi connectivity index (χ0v) is 68.0. The minimum Gasteiger partial charge on any atom is -0.445 e. The number of imidazole rings is 2. The highest BCUT2D eigenvalue weighted by molar-refractivity contribution is 5.78. The molecule has 98 heavy (non-hydrogen) atoms. The molecule has 8 heterocycles. The van der Waals surface area contributed by atoms with Gasteiger partial charge in [-0.2, -0.15) is 25.2 Å². The van der Waals surface area contributed by atoms with Gasteiger partial charge >= 0.3 is 0 Å². The summed E-state index contributed by atoms with van der Waals surface area (Å²) in [6, 6.07) is 3.19. The normalized spacial score (nSPS) is 11.4. The minimum atomic E-state index is 0.104. The summed E-state index contributed by atoms with van der Waals surface area (Å²) in [5.74, 6) is 14.3. The first kappa shape index (κ1) is 90.9. The van der Waals surface area contributed by atoms with Gasteiger partial charge in [0.25, 0.3) is 0 Å². The van der Waals surface area contributed by atoms with Crippen LogP contribution in [0, 0.1) is 11.8 Å². The van der Waals surface area contributed by atoms with Gasteiger partial charge in [-0.3, -0.25) is 15.0 Å². The number of nitrogens with zero attached hydrogens (tertiary/aromatic N) is 14. The van der Waals surface area contributed by atoms with Gasteiger partial charge in [0.1, 0.15) is 23.2 Å². The van der Waals surface area contributed by atoms with Gasteiger partial charge in [0, 0.05) is 102 Å². The van der Waals surface area contributed by atoms with Crippen LogP contribution in [0.2, 0.25) is 0 Å². The number of nitrogens with one attached hydrogen (secondary N) is 5. The second kappa shape index (κ2) is 46.3. The highest BCUT2D eigenvalue weighted by Crippen LogP contribution is 2.22. The van der Waals surface area contributed by atoms with E-state index >= 15 is 0 Å². The number of H-pyrrole nitrogens is 4. The molecule has 22 heteroatoms. The molecule has 8 aromatic rings. The Morgan fingerprint density at radius 3 is 1.22 bits per heavy atom. The van der Waals surface area contributed by atoms with Crippen molar-refractivity contribution in [3.05, 3.63) is 118 Å². The lowest BCUT2D eigenvalue weighted by Crippen LogP contribution is -2.33. The molecule has 0 fully saturated rings. The van der Waals surface area contributed by atoms with Crippen molar-refractivity contribution in [1.29, 1.82) is 0 Å². The van der Waals surface area contributed by atoms with Crippen molar-refractivity contribution in [1.82, 2.24) is 95.8 Å². The van der Waals surface area contributed by atoms with Crippen molar-refractivity contribution in [3.63, 3.8) is 0 Å². The van der Waals surface area contributed by atoms with E-state index in [4.69, 9.17) is 8.83 Å². The number of amides is 1. The summed E-state index contributed by atoms with van der Waals surface area (Å²) >= 11 is 0. The maximum absolute atomic E-state index is 10.8. The fourth-order valence-corrected chi connectivity index (χ4v) is 7.46. The van der Waals surface area contributed by atoms with Crippen LogP contribution in [0.5, 0.6) is 0 Å². The predicted octanol–water partition coefficient (Wildman–Crippen LogP) is 20.5. The molecular weight excluding hydrogens is 1230 g/mol. The van der Waals surface area contributed by atoms with Crippen molar-refractivity contribution < 1.29 is 13.6 Å². The van der Waals surface area contributed by atoms with Crippen LogP contribution in [-0.4, -0.2) is 102 Å². The first-order valence-corrected chi connectivity index (χ1v) is 36.4. The molecule has 0 bridgehead atoms. The summed E-state index contributed by atoms with van der Waals surface area (Å²) in [6.07, 6.45) is 10.6. The maximum Gasteiger partial charge on any atom is 0.222 e. The Kier molecular flexibility index (Phi) is 42.9. The largest absolute Gasteiger partial charge is 0.445 e. The molecule has 22 nitrogen and oxygen atoms in total. The molecule has 0 aliphatic rings. The quantitative estimate of drug-likeness (QED) is 0.0503. The van der Waals surface area contributed by atoms with Crippen LogP contribution in [0.1, 0.15) is 419 Å². The SMILES string of the molecule is CC(C)Cc1ncc(C(C)C)[nH]1.CC(C)NC(=O)C(C)C.CC(C)c1cc(C(C)C)[nH]n1.CC(C)c1cn(C(C)C)nn1.CC(C)c1cnc(C(C)C)[nH]1.CC(C)c1cnc(C(C)C)o1.CC(C)c1cnn(C(C)C)n1.CC(C)c1n[nH]c(C(C)C)n1.CC(C)c1nnc(C(C)C)o1. The van der Waals surface area contributed by atoms with Gasteiger partial charge in [-0.1, -0.05) is 213 Å². The molecule has 0 aromatic carbocycles. The third-order valence-corrected chi connectivity index (χ3v) is 14.3. The van der Waals surface area contributed by atoms with Crippen molar-refractivity contribution in [2.24, 2.45) is 11.8 Å². The van der Waals surface area contributed by atoms with Gasteiger partial charge < -0.3 is 24.1 Å². The summed E-state index contributed by atoms with van der Waals surface area (Å²) in [6.45, 7) is 75.4. The van der Waals surface area contributed by atoms with Gasteiger partial charge in [0.2, 0.25) is 17.7 Å². The smallest absolute Gasteiger partial charge is 0.222 e. The van der Waals surface area contributed by atoms with Gasteiger partial charge in [-0.05, 0) is 89.0 Å². The molecule has 1 amide bonds. The number of oxazole rings is 1. The summed E-state index contributed by atoms with van der Waals surface area (Å²) in [5, 5.41) is 41.4. The Morgan fingerprint density at radius 2 is 0.959 bits per heavy atom. The van der Waals surface area contributed by atoms with E-state index in [1.807, 2.05) is 91.1 Å². The molecule has 0 atom stereocenters. The highest BCUT2D eigenvalue weighted by atomic mass is 16.4. The molecule has 0 saturated heterocycles. The number of hydrogen-bond acceptors (Lipinski definition) is 15. The first-order chi connectivity index (χ1) is 45.4. The van der Waals surface area contributed by atoms with Crippen molar-refractivity contribution in [2.75, 3.05) is 0 Å². The number of rotatable bonds is 19. The topological polar surface area (TPSA) is 283 Å². The molecule has 0 spiro atoms. The fourth-order valence-electron chi connectivity index (χ4n) is 7.46. The van der Waals surface area contributed by atoms with Gasteiger partial charge in [0.15, 0.2) is 11.7 Å². The van der Waals surface area contributed by atoms with E-state index in [-0.39, 0.29) is 17.9 Å². The molecule has 0 saturated carbocycles. The molecule has 556 valence electrons. The molecule has 0 aliphatic heterocycles. The van der Waals surface area contributed by atoms with E-state index in [0.717, 1.165) is 70.2 Å². The van der Waals surface area contributed by atoms with E-state index in [0.29, 0.717) is 94.9 Å². The molecule has 5 N–H and O–H groups in total. The lowest BCUT2D eigenvalue weighted by atomic mass is 10.1. The van der Waals surface area contributed by atoms with Crippen LogP contribution in [0.3, 0.4) is 0 Å². The second-order valence-electron chi connectivity index (χ2n) is 30.7. The Hall–Kier alpha value is -7.13. The van der Waals surface area contributed by atoms with E-state index in [9.17, 15) is 4.79 Å². The van der Waals surface area contributed by atoms with Crippen LogP contribution in [0.15, 0.2) is 45.9 Å². The highest BCUT2D eigenvalue weighted by Gasteiger charge is 2.15. The first-order valence-electron chi connectivity index (χ1n) is 36.4. The number of carbonyl (C=O) groups excluding carboxylic acids is 1. The number of carbonyl (C=O) groups is 1. The fraction of sp³-hybridized carbons (Fsp3) is 0.724. The van der Waals surface area contributed by atoms with Crippen LogP contribution in [0.4, 0.5) is 0 Å². The maximum atomic E-state index is 10.8. The number of aromatic nitrogens is 18. The van der Waals surface area contributed by atoms with Crippen LogP contribution < -0.4 is 5.32 Å². The predicted molar refractivity (Wildman–Crippen MR) is 404 cm³/mol. The van der Waals surface area contributed by atoms with E-state index in [1.54, 1.807) is 4.80 Å². The Morgan fingerprint density at radius 1 is 0.449 bits per heavy atom. The lowest BCUT2D eigenvalue weighted by Gasteiger charge is -2.09. The molecule has 0 aliphatic carbocycles. The third kappa shape index (κ3) is 36.6. The summed E-state index contributed by atoms with van der Waals surface area (Å²) in [7, 11) is 0. The summed E-state index contributed by atoms with van der Waals surface area (Å²) in [4.78, 5) is 36.3. The molecule has 8 rings (SSSR count). The lowest BCUT2D eigenvalue weighted by molar-refractivity contribution is -0.124. The van der Waals surface area contributed by atoms with Crippen LogP contribution >= 0.6 is 0 Å².